The molecular formula is C16H22N2O3. The molecule has 114 valence electrons. The Morgan fingerprint density at radius 3 is 2.81 bits per heavy atom. The van der Waals surface area contributed by atoms with Gasteiger partial charge in [-0.2, -0.15) is 5.26 Å². The maximum absolute atomic E-state index is 9.99. The monoisotopic (exact) mass is 290 g/mol. The van der Waals surface area contributed by atoms with Crippen LogP contribution in [-0.4, -0.2) is 42.6 Å². The van der Waals surface area contributed by atoms with Gasteiger partial charge in [0.05, 0.1) is 17.7 Å². The van der Waals surface area contributed by atoms with E-state index in [1.807, 2.05) is 6.92 Å². The maximum Gasteiger partial charge on any atom is 0.119 e. The van der Waals surface area contributed by atoms with Crippen molar-refractivity contribution in [3.63, 3.8) is 0 Å². The number of rotatable bonds is 6. The Morgan fingerprint density at radius 1 is 1.52 bits per heavy atom. The molecule has 3 unspecified atom stereocenters. The Labute approximate surface area is 125 Å². The van der Waals surface area contributed by atoms with Crippen LogP contribution in [-0.2, 0) is 4.74 Å². The van der Waals surface area contributed by atoms with Crippen molar-refractivity contribution in [2.24, 2.45) is 0 Å². The molecule has 0 spiro atoms. The molecule has 2 rings (SSSR count). The standard InChI is InChI=1S/C16H22N2O3/c1-12-16(2,7-8-20-12)18-10-14(19)11-21-15-5-3-13(9-17)4-6-15/h3-6,12,14,18-19H,7-8,10-11H2,1-2H3. The molecule has 1 fully saturated rings. The number of hydrogen-bond donors (Lipinski definition) is 2. The summed E-state index contributed by atoms with van der Waals surface area (Å²) < 4.78 is 11.1. The first-order valence-corrected chi connectivity index (χ1v) is 7.21. The molecule has 21 heavy (non-hydrogen) atoms. The third kappa shape index (κ3) is 4.18. The van der Waals surface area contributed by atoms with Crippen molar-refractivity contribution in [1.82, 2.24) is 5.32 Å². The smallest absolute Gasteiger partial charge is 0.119 e. The van der Waals surface area contributed by atoms with E-state index in [2.05, 4.69) is 18.3 Å². The highest BCUT2D eigenvalue weighted by atomic mass is 16.5. The fourth-order valence-corrected chi connectivity index (χ4v) is 2.30. The van der Waals surface area contributed by atoms with E-state index in [4.69, 9.17) is 14.7 Å². The van der Waals surface area contributed by atoms with Gasteiger partial charge in [-0.3, -0.25) is 0 Å². The summed E-state index contributed by atoms with van der Waals surface area (Å²) in [5.74, 6) is 0.650. The van der Waals surface area contributed by atoms with Crippen molar-refractivity contribution in [2.75, 3.05) is 19.8 Å². The van der Waals surface area contributed by atoms with Gasteiger partial charge < -0.3 is 19.9 Å². The minimum absolute atomic E-state index is 0.0879. The third-order valence-corrected chi connectivity index (χ3v) is 4.05. The molecule has 1 aromatic rings. The van der Waals surface area contributed by atoms with E-state index in [9.17, 15) is 5.11 Å². The second kappa shape index (κ2) is 6.90. The van der Waals surface area contributed by atoms with E-state index < -0.39 is 6.10 Å². The molecule has 0 amide bonds. The van der Waals surface area contributed by atoms with Gasteiger partial charge in [-0.05, 0) is 44.5 Å². The van der Waals surface area contributed by atoms with Crippen LogP contribution >= 0.6 is 0 Å². The molecular weight excluding hydrogens is 268 g/mol. The molecule has 1 saturated heterocycles. The predicted molar refractivity (Wildman–Crippen MR) is 79.1 cm³/mol. The minimum Gasteiger partial charge on any atom is -0.491 e. The minimum atomic E-state index is -0.592. The van der Waals surface area contributed by atoms with E-state index in [1.54, 1.807) is 24.3 Å². The molecule has 3 atom stereocenters. The van der Waals surface area contributed by atoms with Gasteiger partial charge in [-0.25, -0.2) is 0 Å². The van der Waals surface area contributed by atoms with Gasteiger partial charge in [0.25, 0.3) is 0 Å². The number of β-amino-alcohol motifs (C(OH)–C–C–N with tert-alkyl or cyclic N) is 1. The van der Waals surface area contributed by atoms with Crippen LogP contribution < -0.4 is 10.1 Å². The highest BCUT2D eigenvalue weighted by molar-refractivity contribution is 5.34. The van der Waals surface area contributed by atoms with Crippen molar-refractivity contribution in [2.45, 2.75) is 38.0 Å². The summed E-state index contributed by atoms with van der Waals surface area (Å²) in [5, 5.41) is 22.1. The predicted octanol–water partition coefficient (Wildman–Crippen LogP) is 1.46. The quantitative estimate of drug-likeness (QED) is 0.829. The van der Waals surface area contributed by atoms with Gasteiger partial charge in [-0.1, -0.05) is 0 Å². The lowest BCUT2D eigenvalue weighted by Gasteiger charge is -2.30. The molecule has 1 aliphatic heterocycles. The summed E-state index contributed by atoms with van der Waals surface area (Å²) in [7, 11) is 0. The number of aliphatic hydroxyl groups excluding tert-OH is 1. The van der Waals surface area contributed by atoms with Crippen LogP contribution in [0.25, 0.3) is 0 Å². The normalized spacial score (nSPS) is 26.3. The van der Waals surface area contributed by atoms with Crippen molar-refractivity contribution in [3.05, 3.63) is 29.8 Å². The SMILES string of the molecule is CC1OCCC1(C)NCC(O)COc1ccc(C#N)cc1. The Balaban J connectivity index is 1.74. The summed E-state index contributed by atoms with van der Waals surface area (Å²) >= 11 is 0. The molecule has 1 aliphatic rings. The molecule has 2 N–H and O–H groups in total. The topological polar surface area (TPSA) is 74.5 Å². The van der Waals surface area contributed by atoms with Gasteiger partial charge in [0, 0.05) is 18.7 Å². The van der Waals surface area contributed by atoms with Gasteiger partial charge >= 0.3 is 0 Å². The van der Waals surface area contributed by atoms with Gasteiger partial charge in [0.1, 0.15) is 18.5 Å². The van der Waals surface area contributed by atoms with Crippen molar-refractivity contribution < 1.29 is 14.6 Å². The molecule has 0 bridgehead atoms. The largest absolute Gasteiger partial charge is 0.491 e. The number of aliphatic hydroxyl groups is 1. The molecule has 5 heteroatoms. The Kier molecular flexibility index (Phi) is 5.18. The van der Waals surface area contributed by atoms with E-state index in [1.165, 1.54) is 0 Å². The number of nitrogens with zero attached hydrogens (tertiary/aromatic N) is 1. The van der Waals surface area contributed by atoms with Crippen LogP contribution in [0.2, 0.25) is 0 Å². The first-order chi connectivity index (χ1) is 10.0. The highest BCUT2D eigenvalue weighted by Gasteiger charge is 2.36. The lowest BCUT2D eigenvalue weighted by molar-refractivity contribution is 0.0686. The summed E-state index contributed by atoms with van der Waals surface area (Å²) in [6.07, 6.45) is 0.492. The fraction of sp³-hybridized carbons (Fsp3) is 0.562. The summed E-state index contributed by atoms with van der Waals surface area (Å²) in [4.78, 5) is 0. The third-order valence-electron chi connectivity index (χ3n) is 4.05. The maximum atomic E-state index is 9.99. The summed E-state index contributed by atoms with van der Waals surface area (Å²) in [6.45, 7) is 5.58. The van der Waals surface area contributed by atoms with E-state index >= 15 is 0 Å². The molecule has 5 nitrogen and oxygen atoms in total. The Hall–Kier alpha value is -1.61. The lowest BCUT2D eigenvalue weighted by atomic mass is 9.94. The number of nitriles is 1. The zero-order chi connectivity index (χ0) is 15.3. The average molecular weight is 290 g/mol. The van der Waals surface area contributed by atoms with E-state index in [0.29, 0.717) is 17.9 Å². The fourth-order valence-electron chi connectivity index (χ4n) is 2.30. The molecule has 0 saturated carbocycles. The van der Waals surface area contributed by atoms with Crippen LogP contribution in [0.4, 0.5) is 0 Å². The Bertz CT molecular complexity index is 497. The van der Waals surface area contributed by atoms with Crippen LogP contribution in [0.5, 0.6) is 5.75 Å². The molecule has 0 radical (unpaired) electrons. The first-order valence-electron chi connectivity index (χ1n) is 7.21. The van der Waals surface area contributed by atoms with Gasteiger partial charge in [0.2, 0.25) is 0 Å². The summed E-state index contributed by atoms with van der Waals surface area (Å²) in [6, 6.07) is 8.90. The van der Waals surface area contributed by atoms with Crippen LogP contribution in [0.15, 0.2) is 24.3 Å². The number of ether oxygens (including phenoxy) is 2. The zero-order valence-corrected chi connectivity index (χ0v) is 12.5. The Morgan fingerprint density at radius 2 is 2.24 bits per heavy atom. The molecule has 0 aliphatic carbocycles. The second-order valence-electron chi connectivity index (χ2n) is 5.66. The molecule has 0 aromatic heterocycles. The molecule has 1 heterocycles. The summed E-state index contributed by atoms with van der Waals surface area (Å²) in [5.41, 5.74) is 0.503. The van der Waals surface area contributed by atoms with Gasteiger partial charge in [-0.15, -0.1) is 0 Å². The highest BCUT2D eigenvalue weighted by Crippen LogP contribution is 2.24. The van der Waals surface area contributed by atoms with Crippen molar-refractivity contribution in [3.8, 4) is 11.8 Å². The number of nitrogens with one attached hydrogen (secondary N) is 1. The van der Waals surface area contributed by atoms with Crippen LogP contribution in [0, 0.1) is 11.3 Å². The number of hydrogen-bond acceptors (Lipinski definition) is 5. The average Bonchev–Trinajstić information content (AvgIpc) is 2.83. The van der Waals surface area contributed by atoms with Gasteiger partial charge in [0.15, 0.2) is 0 Å². The van der Waals surface area contributed by atoms with Crippen LogP contribution in [0.1, 0.15) is 25.8 Å². The lowest BCUT2D eigenvalue weighted by Crippen LogP contribution is -2.51. The second-order valence-corrected chi connectivity index (χ2v) is 5.66. The van der Waals surface area contributed by atoms with E-state index in [0.717, 1.165) is 13.0 Å². The van der Waals surface area contributed by atoms with Crippen molar-refractivity contribution >= 4 is 0 Å². The molecule has 1 aromatic carbocycles. The van der Waals surface area contributed by atoms with E-state index in [-0.39, 0.29) is 18.2 Å². The number of benzene rings is 1. The van der Waals surface area contributed by atoms with Crippen LogP contribution in [0.3, 0.4) is 0 Å². The van der Waals surface area contributed by atoms with Crippen molar-refractivity contribution in [1.29, 1.82) is 5.26 Å². The first kappa shape index (κ1) is 15.8. The zero-order valence-electron chi connectivity index (χ0n) is 12.5.